The smallest absolute Gasteiger partial charge is 0.328 e. The zero-order valence-corrected chi connectivity index (χ0v) is 20.0. The van der Waals surface area contributed by atoms with E-state index in [0.29, 0.717) is 11.3 Å². The summed E-state index contributed by atoms with van der Waals surface area (Å²) in [5, 5.41) is 14.9. The Hall–Kier alpha value is -4.19. The molecule has 0 unspecified atom stereocenters. The van der Waals surface area contributed by atoms with E-state index < -0.39 is 40.1 Å². The van der Waals surface area contributed by atoms with Gasteiger partial charge in [-0.15, -0.1) is 0 Å². The van der Waals surface area contributed by atoms with Crippen LogP contribution >= 0.6 is 11.8 Å². The Morgan fingerprint density at radius 2 is 1.83 bits per heavy atom. The number of carbonyl (C=O) groups is 2. The lowest BCUT2D eigenvalue weighted by molar-refractivity contribution is -0.122. The summed E-state index contributed by atoms with van der Waals surface area (Å²) in [4.78, 5) is 57.6. The van der Waals surface area contributed by atoms with Crippen molar-refractivity contribution >= 4 is 34.4 Å². The number of hydrogen-bond acceptors (Lipinski definition) is 7. The number of anilines is 1. The van der Waals surface area contributed by atoms with E-state index in [-0.39, 0.29) is 23.1 Å². The molecule has 186 valence electrons. The standard InChI is InChI=1S/C24H22FN5O5S/c1-11-3-8-15(9-12(11)2)26-17(31)10-16-20(32)30-24(36-16)27-19(13-4-6-14(25)7-5-13)18-21(33)28-23(35)29-22(18)34/h3-9,16,19H,10H2,1-2H3,(H,26,31)(H,27,30,32)(H3,28,29,33,34,35)/t16-,19-/m0/s1. The number of aromatic hydroxyl groups is 1. The van der Waals surface area contributed by atoms with E-state index in [2.05, 4.69) is 20.6 Å². The number of aryl methyl sites for hydroxylation is 2. The van der Waals surface area contributed by atoms with Gasteiger partial charge in [0.25, 0.3) is 5.56 Å². The van der Waals surface area contributed by atoms with Gasteiger partial charge in [-0.05, 0) is 54.8 Å². The van der Waals surface area contributed by atoms with Gasteiger partial charge in [0, 0.05) is 12.1 Å². The molecular weight excluding hydrogens is 489 g/mol. The first-order valence-electron chi connectivity index (χ1n) is 10.8. The Morgan fingerprint density at radius 1 is 1.11 bits per heavy atom. The van der Waals surface area contributed by atoms with Gasteiger partial charge >= 0.3 is 5.69 Å². The third-order valence-corrected chi connectivity index (χ3v) is 6.70. The Kier molecular flexibility index (Phi) is 7.06. The van der Waals surface area contributed by atoms with Crippen LogP contribution in [0.25, 0.3) is 0 Å². The monoisotopic (exact) mass is 511 g/mol. The molecule has 5 N–H and O–H groups in total. The minimum Gasteiger partial charge on any atom is -0.494 e. The number of rotatable bonds is 6. The molecule has 3 aromatic rings. The van der Waals surface area contributed by atoms with Gasteiger partial charge in [-0.25, -0.2) is 14.2 Å². The Balaban J connectivity index is 1.58. The number of amides is 2. The van der Waals surface area contributed by atoms with Crippen molar-refractivity contribution in [2.24, 2.45) is 4.99 Å². The SMILES string of the molecule is Cc1ccc(NC(=O)C[C@@H]2SC(=N[C@@H](c3ccc(F)cc3)c3c(O)[nH]c(=O)[nH]c3=O)NC2=O)cc1C. The van der Waals surface area contributed by atoms with Gasteiger partial charge < -0.3 is 15.7 Å². The van der Waals surface area contributed by atoms with Crippen LogP contribution in [-0.4, -0.2) is 37.3 Å². The number of nitrogens with zero attached hydrogens (tertiary/aromatic N) is 1. The molecule has 0 radical (unpaired) electrons. The second-order valence-electron chi connectivity index (χ2n) is 8.21. The molecule has 1 saturated heterocycles. The highest BCUT2D eigenvalue weighted by Gasteiger charge is 2.33. The first-order valence-corrected chi connectivity index (χ1v) is 11.7. The third kappa shape index (κ3) is 5.54. The predicted octanol–water partition coefficient (Wildman–Crippen LogP) is 2.23. The van der Waals surface area contributed by atoms with Gasteiger partial charge in [-0.2, -0.15) is 0 Å². The highest BCUT2D eigenvalue weighted by Crippen LogP contribution is 2.32. The van der Waals surface area contributed by atoms with Crippen LogP contribution in [0, 0.1) is 19.7 Å². The first kappa shape index (κ1) is 24.9. The lowest BCUT2D eigenvalue weighted by Crippen LogP contribution is -2.29. The average molecular weight is 512 g/mol. The molecule has 36 heavy (non-hydrogen) atoms. The minimum absolute atomic E-state index is 0.100. The van der Waals surface area contributed by atoms with Crippen LogP contribution in [0.1, 0.15) is 34.7 Å². The van der Waals surface area contributed by atoms with Crippen molar-refractivity contribution in [3.63, 3.8) is 0 Å². The predicted molar refractivity (Wildman–Crippen MR) is 134 cm³/mol. The quantitative estimate of drug-likeness (QED) is 0.342. The van der Waals surface area contributed by atoms with Crippen LogP contribution in [0.3, 0.4) is 0 Å². The molecule has 0 saturated carbocycles. The fourth-order valence-electron chi connectivity index (χ4n) is 3.61. The van der Waals surface area contributed by atoms with E-state index in [1.807, 2.05) is 31.0 Å². The van der Waals surface area contributed by atoms with Gasteiger partial charge in [0.05, 0.1) is 0 Å². The van der Waals surface area contributed by atoms with E-state index >= 15 is 0 Å². The number of H-pyrrole nitrogens is 2. The minimum atomic E-state index is -1.18. The molecule has 12 heteroatoms. The molecule has 0 spiro atoms. The molecule has 4 rings (SSSR count). The Bertz CT molecular complexity index is 1480. The summed E-state index contributed by atoms with van der Waals surface area (Å²) in [7, 11) is 0. The van der Waals surface area contributed by atoms with E-state index in [1.165, 1.54) is 12.1 Å². The fraction of sp³-hybridized carbons (Fsp3) is 0.208. The highest BCUT2D eigenvalue weighted by atomic mass is 32.2. The first-order chi connectivity index (χ1) is 17.1. The van der Waals surface area contributed by atoms with Crippen LogP contribution in [0.2, 0.25) is 0 Å². The molecule has 0 bridgehead atoms. The van der Waals surface area contributed by atoms with Crippen molar-refractivity contribution in [1.82, 2.24) is 15.3 Å². The number of thioether (sulfide) groups is 1. The number of carbonyl (C=O) groups excluding carboxylic acids is 2. The van der Waals surface area contributed by atoms with Crippen LogP contribution in [0.15, 0.2) is 57.0 Å². The molecule has 2 amide bonds. The van der Waals surface area contributed by atoms with Crippen molar-refractivity contribution in [2.45, 2.75) is 31.6 Å². The number of aliphatic imine (C=N–C) groups is 1. The number of hydrogen-bond donors (Lipinski definition) is 5. The molecule has 1 aromatic heterocycles. The number of halogens is 1. The largest absolute Gasteiger partial charge is 0.494 e. The van der Waals surface area contributed by atoms with Gasteiger partial charge in [-0.1, -0.05) is 30.0 Å². The van der Waals surface area contributed by atoms with Crippen molar-refractivity contribution < 1.29 is 19.1 Å². The maximum atomic E-state index is 13.5. The van der Waals surface area contributed by atoms with E-state index in [1.54, 1.807) is 6.07 Å². The molecular formula is C24H22FN5O5S. The molecule has 2 aromatic carbocycles. The van der Waals surface area contributed by atoms with Crippen LogP contribution in [0.5, 0.6) is 5.88 Å². The number of aromatic amines is 2. The normalized spacial score (nSPS) is 17.1. The molecule has 1 aliphatic rings. The fourth-order valence-corrected chi connectivity index (χ4v) is 4.60. The summed E-state index contributed by atoms with van der Waals surface area (Å²) in [6.45, 7) is 3.89. The van der Waals surface area contributed by atoms with Crippen molar-refractivity contribution in [3.8, 4) is 5.88 Å². The van der Waals surface area contributed by atoms with Gasteiger partial charge in [-0.3, -0.25) is 24.4 Å². The zero-order chi connectivity index (χ0) is 26.0. The number of amidine groups is 1. The summed E-state index contributed by atoms with van der Waals surface area (Å²) in [5.41, 5.74) is 0.940. The van der Waals surface area contributed by atoms with Crippen molar-refractivity contribution in [1.29, 1.82) is 0 Å². The number of aromatic nitrogens is 2. The highest BCUT2D eigenvalue weighted by molar-refractivity contribution is 8.15. The van der Waals surface area contributed by atoms with E-state index in [0.717, 1.165) is 35.0 Å². The lowest BCUT2D eigenvalue weighted by atomic mass is 10.0. The maximum absolute atomic E-state index is 13.5. The summed E-state index contributed by atoms with van der Waals surface area (Å²) < 4.78 is 13.5. The Morgan fingerprint density at radius 3 is 2.50 bits per heavy atom. The lowest BCUT2D eigenvalue weighted by Gasteiger charge is -2.14. The second kappa shape index (κ2) is 10.2. The molecule has 0 aliphatic carbocycles. The summed E-state index contributed by atoms with van der Waals surface area (Å²) in [5.74, 6) is -2.05. The topological polar surface area (TPSA) is 157 Å². The second-order valence-corrected chi connectivity index (χ2v) is 9.40. The van der Waals surface area contributed by atoms with Gasteiger partial charge in [0.15, 0.2) is 5.17 Å². The molecule has 2 heterocycles. The molecule has 10 nitrogen and oxygen atoms in total. The van der Waals surface area contributed by atoms with Gasteiger partial charge in [0.1, 0.15) is 22.7 Å². The van der Waals surface area contributed by atoms with Gasteiger partial charge in [0.2, 0.25) is 17.7 Å². The summed E-state index contributed by atoms with van der Waals surface area (Å²) >= 11 is 0.988. The van der Waals surface area contributed by atoms with Crippen molar-refractivity contribution in [3.05, 3.63) is 91.4 Å². The average Bonchev–Trinajstić information content (AvgIpc) is 3.14. The molecule has 2 atom stereocenters. The maximum Gasteiger partial charge on any atom is 0.328 e. The zero-order valence-electron chi connectivity index (χ0n) is 19.2. The van der Waals surface area contributed by atoms with Crippen LogP contribution < -0.4 is 21.9 Å². The number of benzene rings is 2. The van der Waals surface area contributed by atoms with Crippen molar-refractivity contribution in [2.75, 3.05) is 5.32 Å². The van der Waals surface area contributed by atoms with E-state index in [4.69, 9.17) is 0 Å². The van der Waals surface area contributed by atoms with E-state index in [9.17, 15) is 28.7 Å². The third-order valence-electron chi connectivity index (χ3n) is 5.60. The molecule has 1 aliphatic heterocycles. The Labute approximate surface area is 208 Å². The summed E-state index contributed by atoms with van der Waals surface area (Å²) in [6, 6.07) is 9.35. The van der Waals surface area contributed by atoms with Crippen LogP contribution in [-0.2, 0) is 9.59 Å². The number of nitrogens with one attached hydrogen (secondary N) is 4. The molecule has 1 fully saturated rings. The summed E-state index contributed by atoms with van der Waals surface area (Å²) in [6.07, 6.45) is -0.131. The van der Waals surface area contributed by atoms with Crippen LogP contribution in [0.4, 0.5) is 10.1 Å².